The number of rotatable bonds is 12. The summed E-state index contributed by atoms with van der Waals surface area (Å²) in [5.74, 6) is -8.85. The van der Waals surface area contributed by atoms with E-state index in [1.54, 1.807) is 20.8 Å². The number of nitrogens with zero attached hydrogens (tertiary/aromatic N) is 7. The zero-order chi connectivity index (χ0) is 61.2. The maximum absolute atomic E-state index is 14.4. The van der Waals surface area contributed by atoms with Gasteiger partial charge < -0.3 is 60.7 Å². The van der Waals surface area contributed by atoms with E-state index in [4.69, 9.17) is 0 Å². The second kappa shape index (κ2) is 32.2. The van der Waals surface area contributed by atoms with Crippen molar-refractivity contribution in [3.8, 4) is 0 Å². The molecule has 1 rings (SSSR count). The Balaban J connectivity index is 4.00. The molecule has 23 nitrogen and oxygen atoms in total. The first-order valence-electron chi connectivity index (χ1n) is 27.7. The van der Waals surface area contributed by atoms with Crippen molar-refractivity contribution >= 4 is 65.0 Å². The van der Waals surface area contributed by atoms with Crippen molar-refractivity contribution in [2.75, 3.05) is 69.0 Å². The van der Waals surface area contributed by atoms with Crippen molar-refractivity contribution in [1.82, 2.24) is 55.6 Å². The molecule has 0 aromatic carbocycles. The topological polar surface area (TPSA) is 279 Å². The Morgan fingerprint density at radius 2 is 1.01 bits per heavy atom. The number of aliphatic hydroxyl groups is 1. The van der Waals surface area contributed by atoms with Crippen LogP contribution in [0.3, 0.4) is 0 Å². The van der Waals surface area contributed by atoms with Gasteiger partial charge >= 0.3 is 0 Å². The molecule has 1 heterocycles. The van der Waals surface area contributed by atoms with Crippen LogP contribution in [-0.4, -0.2) is 228 Å². The van der Waals surface area contributed by atoms with Crippen LogP contribution < -0.4 is 21.3 Å². The molecule has 5 N–H and O–H groups in total. The quantitative estimate of drug-likeness (QED) is 0.173. The van der Waals surface area contributed by atoms with E-state index in [1.165, 1.54) is 84.8 Å². The van der Waals surface area contributed by atoms with Crippen LogP contribution in [0.2, 0.25) is 0 Å². The Labute approximate surface area is 470 Å². The van der Waals surface area contributed by atoms with Gasteiger partial charge in [0.2, 0.25) is 65.0 Å². The van der Waals surface area contributed by atoms with Crippen LogP contribution in [0.4, 0.5) is 0 Å². The van der Waals surface area contributed by atoms with Gasteiger partial charge in [-0.1, -0.05) is 74.0 Å². The monoisotopic (exact) mass is 1120 g/mol. The second-order valence-electron chi connectivity index (χ2n) is 23.6. The van der Waals surface area contributed by atoms with Gasteiger partial charge in [-0.05, 0) is 96.3 Å². The predicted octanol–water partition coefficient (Wildman–Crippen LogP) is 1.22. The zero-order valence-electron chi connectivity index (χ0n) is 51.4. The average molecular weight is 1120 g/mol. The van der Waals surface area contributed by atoms with E-state index in [1.807, 2.05) is 61.5 Å². The van der Waals surface area contributed by atoms with E-state index < -0.39 is 151 Å². The minimum absolute atomic E-state index is 0.0971. The average Bonchev–Trinajstić information content (AvgIpc) is 3.36. The SMILES string of the molecule is CC(C)=CC[C@@H](C)[C@@H](O)C1C(=O)NCC(=O)N(C)CC(=O)N(C)[C@@H](CC(C)C)C(=O)N[C@@H](C(C)C)C(=O)N(C)[C@@H](CC(C)C)C(=O)N[C@@H](C)C(=O)N[C@@H](C)C(=O)N(C)[C@@H](C)C(=O)N(C)[C@@H](CCC(C)C)C(=O)N(C)CC(=O)N1C. The summed E-state index contributed by atoms with van der Waals surface area (Å²) in [5, 5.41) is 22.4. The minimum Gasteiger partial charge on any atom is -0.390 e. The largest absolute Gasteiger partial charge is 0.390 e. The highest BCUT2D eigenvalue weighted by atomic mass is 16.3. The number of carbonyl (C=O) groups is 11. The second-order valence-corrected chi connectivity index (χ2v) is 23.6. The third-order valence-electron chi connectivity index (χ3n) is 14.6. The van der Waals surface area contributed by atoms with Crippen LogP contribution in [0.15, 0.2) is 11.6 Å². The van der Waals surface area contributed by atoms with Crippen LogP contribution in [0.1, 0.15) is 129 Å². The van der Waals surface area contributed by atoms with E-state index in [-0.39, 0.29) is 37.0 Å². The van der Waals surface area contributed by atoms with Crippen LogP contribution >= 0.6 is 0 Å². The maximum Gasteiger partial charge on any atom is 0.245 e. The molecule has 11 amide bonds. The summed E-state index contributed by atoms with van der Waals surface area (Å²) in [6.45, 7) is 22.7. The van der Waals surface area contributed by atoms with Crippen LogP contribution in [-0.2, 0) is 52.7 Å². The third kappa shape index (κ3) is 21.1. The zero-order valence-corrected chi connectivity index (χ0v) is 51.4. The Bertz CT molecular complexity index is 2180. The number of likely N-dealkylation sites (N-methyl/N-ethyl adjacent to an activating group) is 7. The lowest BCUT2D eigenvalue weighted by molar-refractivity contribution is -0.152. The lowest BCUT2D eigenvalue weighted by Gasteiger charge is -2.37. The Morgan fingerprint density at radius 3 is 1.52 bits per heavy atom. The number of hydrogen-bond donors (Lipinski definition) is 5. The minimum atomic E-state index is -1.57. The summed E-state index contributed by atoms with van der Waals surface area (Å²) in [5.41, 5.74) is 0.950. The molecule has 1 aliphatic rings. The van der Waals surface area contributed by atoms with Gasteiger partial charge in [0.15, 0.2) is 0 Å². The molecule has 0 radical (unpaired) electrons. The number of nitrogens with one attached hydrogen (secondary N) is 4. The van der Waals surface area contributed by atoms with Crippen LogP contribution in [0.25, 0.3) is 0 Å². The van der Waals surface area contributed by atoms with Gasteiger partial charge in [-0.2, -0.15) is 0 Å². The fraction of sp³-hybridized carbons (Fsp3) is 0.768. The van der Waals surface area contributed by atoms with Gasteiger partial charge in [0.1, 0.15) is 48.3 Å². The van der Waals surface area contributed by atoms with Gasteiger partial charge in [0, 0.05) is 49.3 Å². The lowest BCUT2D eigenvalue weighted by Crippen LogP contribution is -2.60. The summed E-state index contributed by atoms with van der Waals surface area (Å²) in [7, 11) is 9.62. The molecule has 0 aromatic heterocycles. The van der Waals surface area contributed by atoms with Gasteiger partial charge in [-0.25, -0.2) is 0 Å². The first kappa shape index (κ1) is 70.9. The van der Waals surface area contributed by atoms with Crippen molar-refractivity contribution < 1.29 is 57.8 Å². The molecule has 10 atom stereocenters. The fourth-order valence-electron chi connectivity index (χ4n) is 8.98. The van der Waals surface area contributed by atoms with E-state index in [0.717, 1.165) is 25.2 Å². The molecular weight excluding hydrogens is 1020 g/mol. The number of aliphatic hydroxyl groups excluding tert-OH is 1. The molecule has 0 saturated carbocycles. The molecule has 0 aliphatic carbocycles. The predicted molar refractivity (Wildman–Crippen MR) is 301 cm³/mol. The first-order chi connectivity index (χ1) is 36.4. The maximum atomic E-state index is 14.4. The summed E-state index contributed by atoms with van der Waals surface area (Å²) >= 11 is 0. The molecule has 79 heavy (non-hydrogen) atoms. The van der Waals surface area contributed by atoms with Crippen molar-refractivity contribution in [2.45, 2.75) is 183 Å². The summed E-state index contributed by atoms with van der Waals surface area (Å²) in [6.07, 6.45) is 1.72. The van der Waals surface area contributed by atoms with E-state index >= 15 is 0 Å². The molecule has 1 saturated heterocycles. The summed E-state index contributed by atoms with van der Waals surface area (Å²) in [4.78, 5) is 163. The van der Waals surface area contributed by atoms with Crippen LogP contribution in [0.5, 0.6) is 0 Å². The molecule has 0 bridgehead atoms. The highest BCUT2D eigenvalue weighted by molar-refractivity contribution is 5.98. The van der Waals surface area contributed by atoms with Crippen molar-refractivity contribution in [3.63, 3.8) is 0 Å². The molecule has 1 aliphatic heterocycles. The van der Waals surface area contributed by atoms with Gasteiger partial charge in [0.25, 0.3) is 0 Å². The molecule has 1 unspecified atom stereocenters. The molecular formula is C56H99N11O12. The third-order valence-corrected chi connectivity index (χ3v) is 14.6. The fourth-order valence-corrected chi connectivity index (χ4v) is 8.98. The van der Waals surface area contributed by atoms with E-state index in [0.29, 0.717) is 12.8 Å². The Hall–Kier alpha value is -6.13. The smallest absolute Gasteiger partial charge is 0.245 e. The van der Waals surface area contributed by atoms with E-state index in [2.05, 4.69) is 21.3 Å². The van der Waals surface area contributed by atoms with Crippen molar-refractivity contribution in [2.24, 2.45) is 29.6 Å². The highest BCUT2D eigenvalue weighted by Gasteiger charge is 2.41. The molecule has 1 fully saturated rings. The van der Waals surface area contributed by atoms with Crippen molar-refractivity contribution in [1.29, 1.82) is 0 Å². The number of carbonyl (C=O) groups excluding carboxylic acids is 11. The van der Waals surface area contributed by atoms with Gasteiger partial charge in [-0.3, -0.25) is 52.7 Å². The molecule has 450 valence electrons. The summed E-state index contributed by atoms with van der Waals surface area (Å²) < 4.78 is 0. The Kier molecular flexibility index (Phi) is 28.9. The molecule has 23 heteroatoms. The van der Waals surface area contributed by atoms with Crippen LogP contribution in [0, 0.1) is 29.6 Å². The van der Waals surface area contributed by atoms with Gasteiger partial charge in [-0.15, -0.1) is 0 Å². The standard InChI is InChI=1S/C56H99N11O12/c1-31(2)22-24-36(11)48(71)47-52(75)57-28-43(68)61(15)29-44(69)64(18)41(26-33(5)6)51(74)60-46(35(9)10)56(79)66(20)42(27-34(7)8)50(73)58-37(12)49(72)59-38(13)53(76)63(17)39(14)54(77)65(19)40(25-23-32(3)4)55(78)62(16)30-45(70)67(47)21/h22,32-42,46-48,71H,23-30H2,1-21H3,(H,57,75)(H,58,73)(H,59,72)(H,60,74)/t36-,37+,38+,39+,40+,41+,42+,46+,47?,48-/m1/s1. The number of hydrogen-bond acceptors (Lipinski definition) is 12. The van der Waals surface area contributed by atoms with Crippen molar-refractivity contribution in [3.05, 3.63) is 11.6 Å². The highest BCUT2D eigenvalue weighted by Crippen LogP contribution is 2.21. The first-order valence-corrected chi connectivity index (χ1v) is 27.7. The number of amides is 11. The van der Waals surface area contributed by atoms with E-state index in [9.17, 15) is 57.8 Å². The van der Waals surface area contributed by atoms with Gasteiger partial charge in [0.05, 0.1) is 25.7 Å². The lowest BCUT2D eigenvalue weighted by atomic mass is 9.92. The number of allylic oxidation sites excluding steroid dienone is 2. The summed E-state index contributed by atoms with van der Waals surface area (Å²) in [6, 6.07) is -9.68. The molecule has 0 aromatic rings. The molecule has 0 spiro atoms. The normalized spacial score (nSPS) is 25.8. The Morgan fingerprint density at radius 1 is 0.532 bits per heavy atom.